The number of benzene rings is 5. The van der Waals surface area contributed by atoms with Gasteiger partial charge in [-0.05, 0) is 134 Å². The molecule has 0 bridgehead atoms. The molecule has 4 amide bonds. The van der Waals surface area contributed by atoms with Crippen LogP contribution in [-0.4, -0.2) is 95.6 Å². The number of hydrogen-bond donors (Lipinski definition) is 0. The molecule has 9 rings (SSSR count). The van der Waals surface area contributed by atoms with Crippen molar-refractivity contribution in [2.75, 3.05) is 52.4 Å². The molecular weight excluding hydrogens is 600 g/mol. The Morgan fingerprint density at radius 3 is 1.00 bits per heavy atom. The van der Waals surface area contributed by atoms with Crippen molar-refractivity contribution in [3.8, 4) is 0 Å². The number of amides is 4. The first-order chi connectivity index (χ1) is 23.5. The molecule has 244 valence electrons. The monoisotopic (exact) mass is 640 g/mol. The van der Waals surface area contributed by atoms with Crippen LogP contribution in [0.25, 0.3) is 43.1 Å². The Balaban J connectivity index is 1.08. The zero-order chi connectivity index (χ0) is 32.5. The third kappa shape index (κ3) is 4.49. The molecular formula is C40H40N4O4. The average molecular weight is 641 g/mol. The lowest BCUT2D eigenvalue weighted by atomic mass is 9.82. The Morgan fingerprint density at radius 1 is 0.375 bits per heavy atom. The predicted octanol–water partition coefficient (Wildman–Crippen LogP) is 6.68. The number of piperidine rings is 2. The lowest BCUT2D eigenvalue weighted by Gasteiger charge is -2.31. The second kappa shape index (κ2) is 11.6. The molecule has 8 heteroatoms. The van der Waals surface area contributed by atoms with E-state index in [2.05, 4.69) is 9.80 Å². The van der Waals surface area contributed by atoms with Crippen molar-refractivity contribution in [3.63, 3.8) is 0 Å². The summed E-state index contributed by atoms with van der Waals surface area (Å²) >= 11 is 0. The summed E-state index contributed by atoms with van der Waals surface area (Å²) in [7, 11) is 0. The summed E-state index contributed by atoms with van der Waals surface area (Å²) in [5.74, 6) is -0.935. The van der Waals surface area contributed by atoms with Crippen molar-refractivity contribution in [3.05, 3.63) is 70.8 Å². The van der Waals surface area contributed by atoms with Crippen LogP contribution in [0.1, 0.15) is 92.8 Å². The van der Waals surface area contributed by atoms with E-state index in [0.717, 1.165) is 84.4 Å². The molecule has 5 aromatic rings. The summed E-state index contributed by atoms with van der Waals surface area (Å²) in [6.45, 7) is 6.96. The zero-order valence-electron chi connectivity index (χ0n) is 27.4. The van der Waals surface area contributed by atoms with Crippen LogP contribution in [-0.2, 0) is 0 Å². The summed E-state index contributed by atoms with van der Waals surface area (Å²) in [4.78, 5) is 63.2. The second-order valence-electron chi connectivity index (χ2n) is 14.2. The molecule has 2 saturated heterocycles. The first-order valence-electron chi connectivity index (χ1n) is 17.9. The zero-order valence-corrected chi connectivity index (χ0v) is 27.4. The maximum atomic E-state index is 13.9. The first kappa shape index (κ1) is 29.7. The van der Waals surface area contributed by atoms with E-state index in [1.807, 2.05) is 48.5 Å². The SMILES string of the molecule is O=C1c2ccc3c4ccc5c6c(ccc(c7ccc(c2c37)C(=O)N1CCCN1CCCCC1)c64)C(=O)N(CCCN1CCCCC1)C5=O. The van der Waals surface area contributed by atoms with Gasteiger partial charge in [0.25, 0.3) is 23.6 Å². The Kier molecular flexibility index (Phi) is 7.20. The van der Waals surface area contributed by atoms with E-state index in [1.165, 1.54) is 48.3 Å². The fourth-order valence-electron chi connectivity index (χ4n) is 9.04. The maximum absolute atomic E-state index is 13.9. The molecule has 48 heavy (non-hydrogen) atoms. The molecule has 2 fully saturated rings. The number of rotatable bonds is 8. The molecule has 0 atom stereocenters. The fourth-order valence-corrected chi connectivity index (χ4v) is 9.04. The lowest BCUT2D eigenvalue weighted by Crippen LogP contribution is -2.42. The summed E-state index contributed by atoms with van der Waals surface area (Å²) in [6, 6.07) is 15.4. The number of fused-ring (bicyclic) bond motifs is 2. The van der Waals surface area contributed by atoms with Crippen LogP contribution < -0.4 is 0 Å². The van der Waals surface area contributed by atoms with Crippen molar-refractivity contribution in [1.29, 1.82) is 0 Å². The van der Waals surface area contributed by atoms with Gasteiger partial charge < -0.3 is 9.80 Å². The van der Waals surface area contributed by atoms with Crippen LogP contribution in [0.2, 0.25) is 0 Å². The molecule has 4 aliphatic rings. The van der Waals surface area contributed by atoms with E-state index in [1.54, 1.807) is 0 Å². The predicted molar refractivity (Wildman–Crippen MR) is 188 cm³/mol. The fraction of sp³-hybridized carbons (Fsp3) is 0.400. The van der Waals surface area contributed by atoms with E-state index in [-0.39, 0.29) is 23.6 Å². The van der Waals surface area contributed by atoms with Crippen molar-refractivity contribution < 1.29 is 19.2 Å². The molecule has 0 N–H and O–H groups in total. The highest BCUT2D eigenvalue weighted by Gasteiger charge is 2.36. The van der Waals surface area contributed by atoms with E-state index in [4.69, 9.17) is 0 Å². The van der Waals surface area contributed by atoms with Crippen LogP contribution in [0.4, 0.5) is 0 Å². The standard InChI is InChI=1S/C40H40N4O4/c45-37-29-13-9-25-27-11-15-31-36-32(40(48)44(39(31)47)24-8-22-42-19-5-2-6-20-42)16-12-28(34(27)36)26-10-14-30(35(29)33(25)26)38(46)43(37)23-7-21-41-17-3-1-4-18-41/h9-16H,1-8,17-24H2. The van der Waals surface area contributed by atoms with Gasteiger partial charge in [0.1, 0.15) is 0 Å². The number of hydrogen-bond acceptors (Lipinski definition) is 6. The molecule has 0 aliphatic carbocycles. The molecule has 4 heterocycles. The second-order valence-corrected chi connectivity index (χ2v) is 14.2. The van der Waals surface area contributed by atoms with Crippen molar-refractivity contribution in [1.82, 2.24) is 19.6 Å². The summed E-state index contributed by atoms with van der Waals surface area (Å²) in [6.07, 6.45) is 8.94. The molecule has 0 radical (unpaired) electrons. The van der Waals surface area contributed by atoms with Crippen LogP contribution in [0.5, 0.6) is 0 Å². The molecule has 8 nitrogen and oxygen atoms in total. The molecule has 0 unspecified atom stereocenters. The molecule has 0 aromatic heterocycles. The summed E-state index contributed by atoms with van der Waals surface area (Å²) < 4.78 is 0. The van der Waals surface area contributed by atoms with Gasteiger partial charge in [-0.1, -0.05) is 37.1 Å². The van der Waals surface area contributed by atoms with Gasteiger partial charge in [-0.15, -0.1) is 0 Å². The van der Waals surface area contributed by atoms with E-state index in [9.17, 15) is 19.2 Å². The highest BCUT2D eigenvalue weighted by Crippen LogP contribution is 2.46. The van der Waals surface area contributed by atoms with Gasteiger partial charge in [-0.3, -0.25) is 29.0 Å². The van der Waals surface area contributed by atoms with E-state index >= 15 is 0 Å². The maximum Gasteiger partial charge on any atom is 0.261 e. The molecule has 5 aromatic carbocycles. The minimum Gasteiger partial charge on any atom is -0.303 e. The van der Waals surface area contributed by atoms with Gasteiger partial charge in [0.15, 0.2) is 0 Å². The molecule has 0 saturated carbocycles. The lowest BCUT2D eigenvalue weighted by molar-refractivity contribution is 0.0587. The first-order valence-corrected chi connectivity index (χ1v) is 17.9. The highest BCUT2D eigenvalue weighted by molar-refractivity contribution is 6.41. The number of nitrogens with zero attached hydrogens (tertiary/aromatic N) is 4. The highest BCUT2D eigenvalue weighted by atomic mass is 16.2. The normalized spacial score (nSPS) is 19.2. The minimum absolute atomic E-state index is 0.234. The largest absolute Gasteiger partial charge is 0.303 e. The summed E-state index contributed by atoms with van der Waals surface area (Å²) in [5, 5.41) is 6.88. The third-order valence-corrected chi connectivity index (χ3v) is 11.4. The average Bonchev–Trinajstić information content (AvgIpc) is 3.12. The number of carbonyl (C=O) groups is 4. The minimum atomic E-state index is -0.234. The summed E-state index contributed by atoms with van der Waals surface area (Å²) in [5.41, 5.74) is 2.23. The van der Waals surface area contributed by atoms with E-state index in [0.29, 0.717) is 46.1 Å². The van der Waals surface area contributed by atoms with Gasteiger partial charge in [-0.2, -0.15) is 0 Å². The number of carbonyl (C=O) groups excluding carboxylic acids is 4. The quantitative estimate of drug-likeness (QED) is 0.107. The Bertz CT molecular complexity index is 1890. The van der Waals surface area contributed by atoms with Gasteiger partial charge in [-0.25, -0.2) is 0 Å². The van der Waals surface area contributed by atoms with Crippen LogP contribution in [0, 0.1) is 0 Å². The Hall–Kier alpha value is -4.40. The van der Waals surface area contributed by atoms with Gasteiger partial charge in [0, 0.05) is 46.1 Å². The van der Waals surface area contributed by atoms with Crippen LogP contribution >= 0.6 is 0 Å². The van der Waals surface area contributed by atoms with Crippen molar-refractivity contribution in [2.45, 2.75) is 51.4 Å². The smallest absolute Gasteiger partial charge is 0.261 e. The van der Waals surface area contributed by atoms with Crippen LogP contribution in [0.15, 0.2) is 48.5 Å². The Labute approximate surface area is 279 Å². The van der Waals surface area contributed by atoms with Crippen molar-refractivity contribution >= 4 is 66.7 Å². The Morgan fingerprint density at radius 2 is 0.688 bits per heavy atom. The van der Waals surface area contributed by atoms with Gasteiger partial charge >= 0.3 is 0 Å². The third-order valence-electron chi connectivity index (χ3n) is 11.4. The molecule has 4 aliphatic heterocycles. The number of imide groups is 2. The van der Waals surface area contributed by atoms with Crippen LogP contribution in [0.3, 0.4) is 0 Å². The molecule has 0 spiro atoms. The van der Waals surface area contributed by atoms with Gasteiger partial charge in [0.2, 0.25) is 0 Å². The topological polar surface area (TPSA) is 81.2 Å². The number of likely N-dealkylation sites (tertiary alicyclic amines) is 2. The van der Waals surface area contributed by atoms with Crippen molar-refractivity contribution in [2.24, 2.45) is 0 Å². The van der Waals surface area contributed by atoms with Gasteiger partial charge in [0.05, 0.1) is 0 Å². The van der Waals surface area contributed by atoms with E-state index < -0.39 is 0 Å².